The largest absolute Gasteiger partial charge is 0.465 e. The third-order valence-corrected chi connectivity index (χ3v) is 3.22. The summed E-state index contributed by atoms with van der Waals surface area (Å²) in [4.78, 5) is 11.6. The summed E-state index contributed by atoms with van der Waals surface area (Å²) in [6.45, 7) is 9.08. The number of unbranched alkanes of at least 4 members (excludes halogenated alkanes) is 6. The molecule has 2 heteroatoms. The van der Waals surface area contributed by atoms with E-state index in [1.165, 1.54) is 38.5 Å². The minimum Gasteiger partial charge on any atom is -0.465 e. The first kappa shape index (κ1) is 17.5. The highest BCUT2D eigenvalue weighted by Gasteiger charge is 2.15. The topological polar surface area (TPSA) is 26.3 Å². The molecule has 18 heavy (non-hydrogen) atoms. The summed E-state index contributed by atoms with van der Waals surface area (Å²) in [6.07, 6.45) is 9.73. The van der Waals surface area contributed by atoms with Crippen LogP contribution in [0.3, 0.4) is 0 Å². The predicted octanol–water partition coefficient (Wildman–Crippen LogP) is 4.96. The maximum Gasteiger partial charge on any atom is 0.308 e. The molecule has 0 aromatic rings. The second-order valence-electron chi connectivity index (χ2n) is 5.82. The fourth-order valence-corrected chi connectivity index (χ4v) is 2.18. The van der Waals surface area contributed by atoms with Gasteiger partial charge in [-0.15, -0.1) is 0 Å². The van der Waals surface area contributed by atoms with E-state index in [2.05, 4.69) is 20.8 Å². The first-order valence-electron chi connectivity index (χ1n) is 7.74. The van der Waals surface area contributed by atoms with Crippen LogP contribution >= 0.6 is 0 Å². The van der Waals surface area contributed by atoms with Gasteiger partial charge in [0.05, 0.1) is 12.5 Å². The molecule has 0 radical (unpaired) electrons. The third kappa shape index (κ3) is 10.6. The molecule has 0 aromatic heterocycles. The minimum absolute atomic E-state index is 0.0188. The van der Waals surface area contributed by atoms with Crippen LogP contribution in [0.4, 0.5) is 0 Å². The molecule has 0 N–H and O–H groups in total. The van der Waals surface area contributed by atoms with E-state index in [-0.39, 0.29) is 11.9 Å². The molecule has 108 valence electrons. The van der Waals surface area contributed by atoms with Crippen molar-refractivity contribution in [1.82, 2.24) is 0 Å². The second kappa shape index (κ2) is 11.6. The molecular weight excluding hydrogens is 224 g/mol. The summed E-state index contributed by atoms with van der Waals surface area (Å²) < 4.78 is 5.29. The normalized spacial score (nSPS) is 12.7. The van der Waals surface area contributed by atoms with Crippen molar-refractivity contribution in [1.29, 1.82) is 0 Å². The molecule has 0 aliphatic carbocycles. The fourth-order valence-electron chi connectivity index (χ4n) is 2.18. The van der Waals surface area contributed by atoms with Crippen molar-refractivity contribution in [2.45, 2.75) is 79.1 Å². The molecule has 0 saturated heterocycles. The molecular formula is C16H32O2. The third-order valence-electron chi connectivity index (χ3n) is 3.22. The number of rotatable bonds is 11. The molecule has 0 saturated carbocycles. The lowest BCUT2D eigenvalue weighted by Gasteiger charge is -2.13. The van der Waals surface area contributed by atoms with E-state index >= 15 is 0 Å². The first-order chi connectivity index (χ1) is 8.57. The van der Waals surface area contributed by atoms with Crippen LogP contribution < -0.4 is 0 Å². The van der Waals surface area contributed by atoms with Crippen molar-refractivity contribution >= 4 is 5.97 Å². The molecule has 0 aliphatic rings. The van der Waals surface area contributed by atoms with Crippen LogP contribution in [0.1, 0.15) is 79.1 Å². The van der Waals surface area contributed by atoms with E-state index in [1.54, 1.807) is 0 Å². The summed E-state index contributed by atoms with van der Waals surface area (Å²) in [5.74, 6) is 0.593. The number of hydrogen-bond donors (Lipinski definition) is 0. The molecule has 0 heterocycles. The van der Waals surface area contributed by atoms with Gasteiger partial charge in [0.1, 0.15) is 0 Å². The molecule has 0 bridgehead atoms. The van der Waals surface area contributed by atoms with Gasteiger partial charge in [0, 0.05) is 0 Å². The van der Waals surface area contributed by atoms with Crippen molar-refractivity contribution in [3.8, 4) is 0 Å². The van der Waals surface area contributed by atoms with Crippen LogP contribution in [0.15, 0.2) is 0 Å². The highest BCUT2D eigenvalue weighted by atomic mass is 16.5. The van der Waals surface area contributed by atoms with E-state index in [9.17, 15) is 4.79 Å². The summed E-state index contributed by atoms with van der Waals surface area (Å²) in [6, 6.07) is 0. The van der Waals surface area contributed by atoms with E-state index < -0.39 is 0 Å². The van der Waals surface area contributed by atoms with Gasteiger partial charge in [-0.2, -0.15) is 0 Å². The zero-order valence-electron chi connectivity index (χ0n) is 12.8. The van der Waals surface area contributed by atoms with Gasteiger partial charge in [-0.3, -0.25) is 4.79 Å². The van der Waals surface area contributed by atoms with Crippen molar-refractivity contribution < 1.29 is 9.53 Å². The fraction of sp³-hybridized carbons (Fsp3) is 0.938. The Kier molecular flexibility index (Phi) is 11.2. The Morgan fingerprint density at radius 3 is 2.06 bits per heavy atom. The molecule has 2 nitrogen and oxygen atoms in total. The maximum absolute atomic E-state index is 11.6. The van der Waals surface area contributed by atoms with Crippen LogP contribution in [0.25, 0.3) is 0 Å². The molecule has 1 atom stereocenters. The maximum atomic E-state index is 11.6. The Bertz CT molecular complexity index is 199. The number of esters is 1. The van der Waals surface area contributed by atoms with Crippen LogP contribution in [0, 0.1) is 11.8 Å². The summed E-state index contributed by atoms with van der Waals surface area (Å²) in [5.41, 5.74) is 0. The average molecular weight is 256 g/mol. The van der Waals surface area contributed by atoms with Gasteiger partial charge < -0.3 is 4.74 Å². The number of ether oxygens (including phenoxy) is 1. The lowest BCUT2D eigenvalue weighted by Crippen LogP contribution is -2.17. The van der Waals surface area contributed by atoms with E-state index in [4.69, 9.17) is 4.74 Å². The monoisotopic (exact) mass is 256 g/mol. The number of hydrogen-bond acceptors (Lipinski definition) is 2. The molecule has 0 rings (SSSR count). The van der Waals surface area contributed by atoms with Gasteiger partial charge in [-0.25, -0.2) is 0 Å². The van der Waals surface area contributed by atoms with Gasteiger partial charge in [0.2, 0.25) is 0 Å². The Morgan fingerprint density at radius 1 is 0.944 bits per heavy atom. The van der Waals surface area contributed by atoms with Crippen LogP contribution in [-0.2, 0) is 9.53 Å². The van der Waals surface area contributed by atoms with E-state index in [0.29, 0.717) is 12.5 Å². The van der Waals surface area contributed by atoms with Gasteiger partial charge in [0.25, 0.3) is 0 Å². The van der Waals surface area contributed by atoms with Crippen LogP contribution in [0.5, 0.6) is 0 Å². The minimum atomic E-state index is -0.0188. The van der Waals surface area contributed by atoms with Crippen molar-refractivity contribution in [3.63, 3.8) is 0 Å². The smallest absolute Gasteiger partial charge is 0.308 e. The Labute approximate surface area is 113 Å². The molecule has 0 spiro atoms. The summed E-state index contributed by atoms with van der Waals surface area (Å²) >= 11 is 0. The molecule has 0 amide bonds. The van der Waals surface area contributed by atoms with E-state index in [1.807, 2.05) is 6.92 Å². The standard InChI is InChI=1S/C16H32O2/c1-5-6-7-8-9-10-11-12-18-16(17)15(4)13-14(2)3/h14-15H,5-13H2,1-4H3. The Balaban J connectivity index is 3.35. The quantitative estimate of drug-likeness (QED) is 0.385. The van der Waals surface area contributed by atoms with E-state index in [0.717, 1.165) is 12.8 Å². The zero-order valence-corrected chi connectivity index (χ0v) is 12.8. The molecule has 0 aromatic carbocycles. The van der Waals surface area contributed by atoms with Crippen LogP contribution in [-0.4, -0.2) is 12.6 Å². The molecule has 1 unspecified atom stereocenters. The highest BCUT2D eigenvalue weighted by Crippen LogP contribution is 2.13. The van der Waals surface area contributed by atoms with Gasteiger partial charge in [0.15, 0.2) is 0 Å². The Hall–Kier alpha value is -0.530. The van der Waals surface area contributed by atoms with Crippen LogP contribution in [0.2, 0.25) is 0 Å². The molecule has 0 fully saturated rings. The summed E-state index contributed by atoms with van der Waals surface area (Å²) in [5, 5.41) is 0. The SMILES string of the molecule is CCCCCCCCCOC(=O)C(C)CC(C)C. The highest BCUT2D eigenvalue weighted by molar-refractivity contribution is 5.71. The lowest BCUT2D eigenvalue weighted by molar-refractivity contribution is -0.148. The van der Waals surface area contributed by atoms with Gasteiger partial charge in [-0.05, 0) is 18.8 Å². The van der Waals surface area contributed by atoms with Gasteiger partial charge in [-0.1, -0.05) is 66.2 Å². The first-order valence-corrected chi connectivity index (χ1v) is 7.74. The second-order valence-corrected chi connectivity index (χ2v) is 5.82. The van der Waals surface area contributed by atoms with Gasteiger partial charge >= 0.3 is 5.97 Å². The van der Waals surface area contributed by atoms with Crippen molar-refractivity contribution in [3.05, 3.63) is 0 Å². The predicted molar refractivity (Wildman–Crippen MR) is 77.6 cm³/mol. The number of carbonyl (C=O) groups is 1. The Morgan fingerprint density at radius 2 is 1.50 bits per heavy atom. The van der Waals surface area contributed by atoms with Crippen molar-refractivity contribution in [2.24, 2.45) is 11.8 Å². The average Bonchev–Trinajstić information content (AvgIpc) is 2.31. The summed E-state index contributed by atoms with van der Waals surface area (Å²) in [7, 11) is 0. The number of carbonyl (C=O) groups excluding carboxylic acids is 1. The molecule has 0 aliphatic heterocycles. The van der Waals surface area contributed by atoms with Crippen molar-refractivity contribution in [2.75, 3.05) is 6.61 Å². The lowest BCUT2D eigenvalue weighted by atomic mass is 9.99. The zero-order chi connectivity index (χ0) is 13.8.